The summed E-state index contributed by atoms with van der Waals surface area (Å²) >= 11 is 0. The maximum atomic E-state index is 13.1. The van der Waals surface area contributed by atoms with E-state index in [0.717, 1.165) is 5.56 Å². The van der Waals surface area contributed by atoms with Crippen LogP contribution in [0, 0.1) is 0 Å². The molecule has 0 radical (unpaired) electrons. The lowest BCUT2D eigenvalue weighted by Gasteiger charge is -2.39. The first-order chi connectivity index (χ1) is 21.6. The number of hydroxylamine groups is 2. The quantitative estimate of drug-likeness (QED) is 0.408. The van der Waals surface area contributed by atoms with Crippen LogP contribution in [0.5, 0.6) is 0 Å². The van der Waals surface area contributed by atoms with Gasteiger partial charge in [-0.2, -0.15) is 5.06 Å². The number of nitrogens with one attached hydrogen (secondary N) is 2. The number of likely N-dealkylation sites (tertiary alicyclic amines) is 1. The fourth-order valence-electron chi connectivity index (χ4n) is 5.72. The zero-order valence-electron chi connectivity index (χ0n) is 27.7. The third-order valence-electron chi connectivity index (χ3n) is 7.93. The summed E-state index contributed by atoms with van der Waals surface area (Å²) in [5.41, 5.74) is 4.46. The van der Waals surface area contributed by atoms with Crippen LogP contribution in [0.2, 0.25) is 0 Å². The number of urea groups is 1. The summed E-state index contributed by atoms with van der Waals surface area (Å²) in [4.78, 5) is 75.0. The van der Waals surface area contributed by atoms with Crippen molar-refractivity contribution in [1.29, 1.82) is 0 Å². The average Bonchev–Trinajstić information content (AvgIpc) is 3.22. The second kappa shape index (κ2) is 14.6. The van der Waals surface area contributed by atoms with Crippen molar-refractivity contribution in [3.8, 4) is 0 Å². The maximum Gasteiger partial charge on any atom is 0.410 e. The van der Waals surface area contributed by atoms with Gasteiger partial charge in [0.1, 0.15) is 23.9 Å². The second-order valence-corrected chi connectivity index (χ2v) is 13.9. The SMILES string of the molecule is CC(C)(C)OC(=O)N1CCC(N(CCC(=O)NNC(=O)C2CCC3CN2C(=O)N3OCc2ccccc2)C(=O)OC(C)(C)C)CC1. The Kier molecular flexibility index (Phi) is 11.0. The van der Waals surface area contributed by atoms with Gasteiger partial charge in [0.2, 0.25) is 5.91 Å². The number of piperidine rings is 2. The van der Waals surface area contributed by atoms with Crippen molar-refractivity contribution < 1.29 is 38.3 Å². The number of fused-ring (bicyclic) bond motifs is 2. The van der Waals surface area contributed by atoms with Crippen LogP contribution in [0.15, 0.2) is 30.3 Å². The number of hydrogen-bond donors (Lipinski definition) is 2. The maximum absolute atomic E-state index is 13.1. The Balaban J connectivity index is 1.26. The minimum Gasteiger partial charge on any atom is -0.444 e. The van der Waals surface area contributed by atoms with E-state index in [-0.39, 0.29) is 37.7 Å². The van der Waals surface area contributed by atoms with E-state index < -0.39 is 41.2 Å². The number of benzene rings is 1. The summed E-state index contributed by atoms with van der Waals surface area (Å²) in [7, 11) is 0. The molecular formula is C32H48N6O8. The average molecular weight is 645 g/mol. The van der Waals surface area contributed by atoms with Gasteiger partial charge in [-0.15, -0.1) is 0 Å². The zero-order chi connectivity index (χ0) is 33.6. The summed E-state index contributed by atoms with van der Waals surface area (Å²) in [6, 6.07) is 7.99. The fraction of sp³-hybridized carbons (Fsp3) is 0.656. The van der Waals surface area contributed by atoms with Crippen molar-refractivity contribution in [1.82, 2.24) is 30.6 Å². The predicted molar refractivity (Wildman–Crippen MR) is 167 cm³/mol. The summed E-state index contributed by atoms with van der Waals surface area (Å²) in [6.45, 7) is 12.2. The Morgan fingerprint density at radius 3 is 2.17 bits per heavy atom. The molecule has 1 aromatic rings. The highest BCUT2D eigenvalue weighted by Gasteiger charge is 2.48. The van der Waals surface area contributed by atoms with Crippen LogP contribution in [-0.2, 0) is 30.5 Å². The van der Waals surface area contributed by atoms with Crippen molar-refractivity contribution in [2.45, 2.75) is 110 Å². The second-order valence-electron chi connectivity index (χ2n) is 13.9. The molecule has 3 heterocycles. The topological polar surface area (TPSA) is 150 Å². The number of ether oxygens (including phenoxy) is 2. The lowest BCUT2D eigenvalue weighted by atomic mass is 10.0. The molecule has 2 atom stereocenters. The molecule has 0 saturated carbocycles. The molecule has 3 aliphatic heterocycles. The number of hydrogen-bond acceptors (Lipinski definition) is 8. The van der Waals surface area contributed by atoms with Gasteiger partial charge in [0.05, 0.1) is 6.04 Å². The molecule has 3 saturated heterocycles. The van der Waals surface area contributed by atoms with E-state index in [2.05, 4.69) is 10.9 Å². The number of rotatable bonds is 8. The van der Waals surface area contributed by atoms with Crippen LogP contribution in [0.3, 0.4) is 0 Å². The van der Waals surface area contributed by atoms with E-state index in [4.69, 9.17) is 14.3 Å². The number of carbonyl (C=O) groups excluding carboxylic acids is 5. The molecule has 2 N–H and O–H groups in total. The van der Waals surface area contributed by atoms with Gasteiger partial charge in [0, 0.05) is 38.6 Å². The van der Waals surface area contributed by atoms with Gasteiger partial charge in [0.25, 0.3) is 5.91 Å². The van der Waals surface area contributed by atoms with Crippen molar-refractivity contribution in [3.63, 3.8) is 0 Å². The van der Waals surface area contributed by atoms with Gasteiger partial charge in [-0.1, -0.05) is 30.3 Å². The molecule has 254 valence electrons. The van der Waals surface area contributed by atoms with E-state index in [1.165, 1.54) is 14.9 Å². The molecule has 14 nitrogen and oxygen atoms in total. The molecule has 14 heteroatoms. The van der Waals surface area contributed by atoms with E-state index in [1.807, 2.05) is 51.1 Å². The van der Waals surface area contributed by atoms with E-state index in [1.54, 1.807) is 25.7 Å². The Morgan fingerprint density at radius 2 is 1.54 bits per heavy atom. The molecule has 3 fully saturated rings. The molecule has 2 unspecified atom stereocenters. The van der Waals surface area contributed by atoms with Crippen LogP contribution in [-0.4, -0.2) is 105 Å². The Hall–Kier alpha value is -4.07. The summed E-state index contributed by atoms with van der Waals surface area (Å²) in [5, 5.41) is 1.35. The third kappa shape index (κ3) is 9.47. The van der Waals surface area contributed by atoms with Crippen LogP contribution in [0.25, 0.3) is 0 Å². The van der Waals surface area contributed by atoms with E-state index >= 15 is 0 Å². The molecule has 1 aromatic carbocycles. The van der Waals surface area contributed by atoms with Crippen molar-refractivity contribution >= 4 is 30.0 Å². The molecule has 3 aliphatic rings. The van der Waals surface area contributed by atoms with Crippen LogP contribution < -0.4 is 10.9 Å². The molecule has 2 bridgehead atoms. The normalized spacial score (nSPS) is 20.3. The fourth-order valence-corrected chi connectivity index (χ4v) is 5.72. The van der Waals surface area contributed by atoms with Crippen molar-refractivity contribution in [2.24, 2.45) is 0 Å². The van der Waals surface area contributed by atoms with Gasteiger partial charge in [0.15, 0.2) is 0 Å². The minimum atomic E-state index is -0.747. The van der Waals surface area contributed by atoms with Gasteiger partial charge in [-0.05, 0) is 72.8 Å². The van der Waals surface area contributed by atoms with Gasteiger partial charge in [-0.3, -0.25) is 25.3 Å². The molecular weight excluding hydrogens is 596 g/mol. The Labute approximate surface area is 270 Å². The molecule has 6 amide bonds. The monoisotopic (exact) mass is 644 g/mol. The van der Waals surface area contributed by atoms with E-state index in [0.29, 0.717) is 45.3 Å². The largest absolute Gasteiger partial charge is 0.444 e. The highest BCUT2D eigenvalue weighted by molar-refractivity contribution is 5.90. The molecule has 4 rings (SSSR count). The number of hydrazine groups is 1. The van der Waals surface area contributed by atoms with Crippen LogP contribution in [0.4, 0.5) is 14.4 Å². The third-order valence-corrected chi connectivity index (χ3v) is 7.93. The highest BCUT2D eigenvalue weighted by atomic mass is 16.7. The summed E-state index contributed by atoms with van der Waals surface area (Å²) in [6.07, 6.45) is 0.954. The number of carbonyl (C=O) groups is 5. The smallest absolute Gasteiger partial charge is 0.410 e. The lowest BCUT2D eigenvalue weighted by Crippen LogP contribution is -2.54. The minimum absolute atomic E-state index is 0.0527. The first kappa shape index (κ1) is 34.8. The Morgan fingerprint density at radius 1 is 0.891 bits per heavy atom. The molecule has 0 spiro atoms. The van der Waals surface area contributed by atoms with Crippen LogP contribution >= 0.6 is 0 Å². The zero-order valence-corrected chi connectivity index (χ0v) is 27.7. The summed E-state index contributed by atoms with van der Waals surface area (Å²) in [5.74, 6) is -0.995. The van der Waals surface area contributed by atoms with Gasteiger partial charge < -0.3 is 24.2 Å². The standard InChI is InChI=1S/C32H48N6O8/c1-31(2,3)45-29(42)35-17-14-23(15-18-35)36(30(43)46-32(4,5)6)19-16-26(39)33-34-27(40)25-13-12-24-20-37(25)28(41)38(24)44-21-22-10-8-7-9-11-22/h7-11,23-25H,12-21H2,1-6H3,(H,33,39)(H,34,40). The van der Waals surface area contributed by atoms with E-state index in [9.17, 15) is 24.0 Å². The van der Waals surface area contributed by atoms with Crippen molar-refractivity contribution in [2.75, 3.05) is 26.2 Å². The number of nitrogens with zero attached hydrogens (tertiary/aromatic N) is 4. The van der Waals surface area contributed by atoms with Crippen LogP contribution in [0.1, 0.15) is 79.2 Å². The summed E-state index contributed by atoms with van der Waals surface area (Å²) < 4.78 is 11.1. The molecule has 0 aromatic heterocycles. The number of amides is 6. The first-order valence-corrected chi connectivity index (χ1v) is 15.9. The molecule has 46 heavy (non-hydrogen) atoms. The van der Waals surface area contributed by atoms with Gasteiger partial charge >= 0.3 is 18.2 Å². The lowest BCUT2D eigenvalue weighted by molar-refractivity contribution is -0.140. The van der Waals surface area contributed by atoms with Gasteiger partial charge in [-0.25, -0.2) is 14.4 Å². The highest BCUT2D eigenvalue weighted by Crippen LogP contribution is 2.30. The molecule has 0 aliphatic carbocycles. The first-order valence-electron chi connectivity index (χ1n) is 15.9. The predicted octanol–water partition coefficient (Wildman–Crippen LogP) is 3.56. The van der Waals surface area contributed by atoms with Crippen molar-refractivity contribution in [3.05, 3.63) is 35.9 Å². The Bertz CT molecular complexity index is 1260.